The van der Waals surface area contributed by atoms with Crippen LogP contribution in [0.4, 0.5) is 5.95 Å². The van der Waals surface area contributed by atoms with Gasteiger partial charge in [0, 0.05) is 0 Å². The second-order valence-electron chi connectivity index (χ2n) is 2.31. The average Bonchev–Trinajstić information content (AvgIpc) is 2.58. The number of hydrogen-bond donors (Lipinski definition) is 2. The molecule has 2 aromatic rings. The van der Waals surface area contributed by atoms with Crippen molar-refractivity contribution in [1.29, 1.82) is 0 Å². The minimum atomic E-state index is 0.262. The molecule has 0 aliphatic carbocycles. The van der Waals surface area contributed by atoms with Gasteiger partial charge < -0.3 is 5.73 Å². The number of nitrogens with zero attached hydrogens (tertiary/aromatic N) is 3. The van der Waals surface area contributed by atoms with E-state index in [-0.39, 0.29) is 5.95 Å². The number of aromatic amines is 1. The minimum absolute atomic E-state index is 0.262. The highest BCUT2D eigenvalue weighted by atomic mass is 32.1. The molecular weight excluding hydrogens is 174 g/mol. The molecule has 0 aromatic carbocycles. The first kappa shape index (κ1) is 7.23. The Balaban J connectivity index is 2.50. The van der Waals surface area contributed by atoms with Gasteiger partial charge in [0.2, 0.25) is 5.95 Å². The number of aromatic nitrogens is 4. The molecule has 3 N–H and O–H groups in total. The predicted molar refractivity (Wildman–Crippen MR) is 46.6 cm³/mol. The monoisotopic (exact) mass is 181 g/mol. The number of aryl methyl sites for hydroxylation is 1. The van der Waals surface area contributed by atoms with Crippen molar-refractivity contribution in [3.05, 3.63) is 11.2 Å². The van der Waals surface area contributed by atoms with E-state index in [1.54, 1.807) is 5.51 Å². The zero-order valence-corrected chi connectivity index (χ0v) is 7.22. The van der Waals surface area contributed by atoms with Crippen LogP contribution in [0.25, 0.3) is 10.7 Å². The number of nitrogen functional groups attached to an aromatic ring is 1. The molecule has 0 amide bonds. The molecule has 6 heteroatoms. The van der Waals surface area contributed by atoms with Crippen LogP contribution < -0.4 is 5.73 Å². The fraction of sp³-hybridized carbons (Fsp3) is 0.167. The lowest BCUT2D eigenvalue weighted by atomic mass is 10.4. The molecule has 5 nitrogen and oxygen atoms in total. The molecule has 0 saturated carbocycles. The van der Waals surface area contributed by atoms with E-state index in [0.29, 0.717) is 5.82 Å². The number of nitrogens with two attached hydrogens (primary N) is 1. The summed E-state index contributed by atoms with van der Waals surface area (Å²) in [5, 5.41) is 6.47. The maximum Gasteiger partial charge on any atom is 0.239 e. The molecule has 12 heavy (non-hydrogen) atoms. The van der Waals surface area contributed by atoms with E-state index in [4.69, 9.17) is 5.73 Å². The second kappa shape index (κ2) is 2.56. The van der Waals surface area contributed by atoms with E-state index in [1.807, 2.05) is 6.92 Å². The van der Waals surface area contributed by atoms with E-state index in [2.05, 4.69) is 20.2 Å². The predicted octanol–water partition coefficient (Wildman–Crippen LogP) is 0.819. The highest BCUT2D eigenvalue weighted by molar-refractivity contribution is 7.13. The minimum Gasteiger partial charge on any atom is -0.366 e. The van der Waals surface area contributed by atoms with Gasteiger partial charge in [0.15, 0.2) is 5.82 Å². The molecule has 2 aromatic heterocycles. The molecular formula is C6H7N5S. The summed E-state index contributed by atoms with van der Waals surface area (Å²) < 4.78 is 0. The maximum atomic E-state index is 5.37. The standard InChI is InChI=1S/C6H7N5S/c1-3-4(12-2-8-3)5-9-6(7)11-10-5/h2H,1H3,(H3,7,9,10,11). The van der Waals surface area contributed by atoms with Gasteiger partial charge >= 0.3 is 0 Å². The van der Waals surface area contributed by atoms with Gasteiger partial charge in [-0.2, -0.15) is 4.98 Å². The van der Waals surface area contributed by atoms with Crippen LogP contribution in [0.3, 0.4) is 0 Å². The van der Waals surface area contributed by atoms with Gasteiger partial charge in [-0.25, -0.2) is 4.98 Å². The maximum absolute atomic E-state index is 5.37. The normalized spacial score (nSPS) is 10.4. The zero-order valence-electron chi connectivity index (χ0n) is 6.40. The van der Waals surface area contributed by atoms with E-state index in [9.17, 15) is 0 Å². The molecule has 0 spiro atoms. The van der Waals surface area contributed by atoms with Crippen LogP contribution in [0, 0.1) is 6.92 Å². The summed E-state index contributed by atoms with van der Waals surface area (Å²) in [5.74, 6) is 0.949. The highest BCUT2D eigenvalue weighted by Gasteiger charge is 2.08. The second-order valence-corrected chi connectivity index (χ2v) is 3.16. The van der Waals surface area contributed by atoms with Gasteiger partial charge in [-0.3, -0.25) is 5.10 Å². The van der Waals surface area contributed by atoms with Gasteiger partial charge in [-0.05, 0) is 6.92 Å². The number of anilines is 1. The van der Waals surface area contributed by atoms with Gasteiger partial charge in [-0.15, -0.1) is 16.4 Å². The van der Waals surface area contributed by atoms with Crippen molar-refractivity contribution >= 4 is 17.3 Å². The Morgan fingerprint density at radius 3 is 2.92 bits per heavy atom. The van der Waals surface area contributed by atoms with E-state index in [1.165, 1.54) is 11.3 Å². The fourth-order valence-electron chi connectivity index (χ4n) is 0.906. The van der Waals surface area contributed by atoms with Gasteiger partial charge in [0.1, 0.15) is 0 Å². The summed E-state index contributed by atoms with van der Waals surface area (Å²) in [6.07, 6.45) is 0. The van der Waals surface area contributed by atoms with Crippen molar-refractivity contribution in [2.45, 2.75) is 6.92 Å². The molecule has 0 radical (unpaired) electrons. The summed E-state index contributed by atoms with van der Waals surface area (Å²) in [6, 6.07) is 0. The lowest BCUT2D eigenvalue weighted by Crippen LogP contribution is -1.85. The Labute approximate surface area is 72.7 Å². The van der Waals surface area contributed by atoms with Gasteiger partial charge in [0.05, 0.1) is 16.1 Å². The molecule has 0 unspecified atom stereocenters. The van der Waals surface area contributed by atoms with Gasteiger partial charge in [-0.1, -0.05) is 0 Å². The molecule has 2 rings (SSSR count). The van der Waals surface area contributed by atoms with Crippen LogP contribution in [-0.4, -0.2) is 20.2 Å². The SMILES string of the molecule is Cc1ncsc1-c1nc(N)n[nH]1. The van der Waals surface area contributed by atoms with E-state index >= 15 is 0 Å². The quantitative estimate of drug-likeness (QED) is 0.682. The Hall–Kier alpha value is -1.43. The molecule has 0 fully saturated rings. The summed E-state index contributed by atoms with van der Waals surface area (Å²) in [6.45, 7) is 1.92. The van der Waals surface area contributed by atoms with Crippen LogP contribution in [0.1, 0.15) is 5.69 Å². The molecule has 0 aliphatic heterocycles. The van der Waals surface area contributed by atoms with Crippen LogP contribution in [-0.2, 0) is 0 Å². The van der Waals surface area contributed by atoms with E-state index in [0.717, 1.165) is 10.6 Å². The number of thiazole rings is 1. The lowest BCUT2D eigenvalue weighted by Gasteiger charge is -1.88. The molecule has 0 atom stereocenters. The average molecular weight is 181 g/mol. The van der Waals surface area contributed by atoms with Crippen LogP contribution in [0.15, 0.2) is 5.51 Å². The zero-order chi connectivity index (χ0) is 8.55. The first-order chi connectivity index (χ1) is 5.77. The van der Waals surface area contributed by atoms with Crippen molar-refractivity contribution in [1.82, 2.24) is 20.2 Å². The Morgan fingerprint density at radius 2 is 2.42 bits per heavy atom. The third-order valence-corrected chi connectivity index (χ3v) is 2.40. The Kier molecular flexibility index (Phi) is 1.54. The first-order valence-electron chi connectivity index (χ1n) is 3.35. The number of nitrogens with one attached hydrogen (secondary N) is 1. The third-order valence-electron chi connectivity index (χ3n) is 1.46. The molecule has 2 heterocycles. The Morgan fingerprint density at radius 1 is 1.58 bits per heavy atom. The Bertz CT molecular complexity index is 390. The number of hydrogen-bond acceptors (Lipinski definition) is 5. The third kappa shape index (κ3) is 1.06. The highest BCUT2D eigenvalue weighted by Crippen LogP contribution is 2.23. The molecule has 0 saturated heterocycles. The summed E-state index contributed by atoms with van der Waals surface area (Å²) >= 11 is 1.52. The summed E-state index contributed by atoms with van der Waals surface area (Å²) in [7, 11) is 0. The number of H-pyrrole nitrogens is 1. The van der Waals surface area contributed by atoms with Crippen LogP contribution in [0.2, 0.25) is 0 Å². The van der Waals surface area contributed by atoms with Crippen molar-refractivity contribution in [2.75, 3.05) is 5.73 Å². The summed E-state index contributed by atoms with van der Waals surface area (Å²) in [5.41, 5.74) is 8.07. The lowest BCUT2D eigenvalue weighted by molar-refractivity contribution is 1.10. The number of rotatable bonds is 1. The largest absolute Gasteiger partial charge is 0.366 e. The summed E-state index contributed by atoms with van der Waals surface area (Å²) in [4.78, 5) is 9.07. The molecule has 0 aliphatic rings. The van der Waals surface area contributed by atoms with E-state index < -0.39 is 0 Å². The van der Waals surface area contributed by atoms with Crippen LogP contribution in [0.5, 0.6) is 0 Å². The topological polar surface area (TPSA) is 80.5 Å². The van der Waals surface area contributed by atoms with Crippen molar-refractivity contribution in [3.8, 4) is 10.7 Å². The van der Waals surface area contributed by atoms with Crippen molar-refractivity contribution < 1.29 is 0 Å². The molecule has 0 bridgehead atoms. The van der Waals surface area contributed by atoms with Crippen molar-refractivity contribution in [2.24, 2.45) is 0 Å². The van der Waals surface area contributed by atoms with Gasteiger partial charge in [0.25, 0.3) is 0 Å². The smallest absolute Gasteiger partial charge is 0.239 e. The fourth-order valence-corrected chi connectivity index (χ4v) is 1.65. The van der Waals surface area contributed by atoms with Crippen molar-refractivity contribution in [3.63, 3.8) is 0 Å². The van der Waals surface area contributed by atoms with Crippen LogP contribution >= 0.6 is 11.3 Å². The first-order valence-corrected chi connectivity index (χ1v) is 4.23. The molecule has 62 valence electrons.